The fourth-order valence-corrected chi connectivity index (χ4v) is 2.95. The van der Waals surface area contributed by atoms with Crippen molar-refractivity contribution in [3.63, 3.8) is 0 Å². The van der Waals surface area contributed by atoms with Crippen LogP contribution in [-0.4, -0.2) is 50.4 Å². The SMILES string of the molecule is COC(CNC(=O)c1ccccc1S(=O)(=O)C(C)C)C(=O)O. The molecule has 0 spiro atoms. The minimum absolute atomic E-state index is 0.0172. The molecule has 122 valence electrons. The van der Waals surface area contributed by atoms with Gasteiger partial charge in [0.25, 0.3) is 5.91 Å². The number of carbonyl (C=O) groups excluding carboxylic acids is 1. The molecule has 2 N–H and O–H groups in total. The zero-order valence-electron chi connectivity index (χ0n) is 12.6. The van der Waals surface area contributed by atoms with Gasteiger partial charge >= 0.3 is 5.97 Å². The minimum atomic E-state index is -3.62. The predicted octanol–water partition coefficient (Wildman–Crippen LogP) is 0.698. The number of methoxy groups -OCH3 is 1. The lowest BCUT2D eigenvalue weighted by molar-refractivity contribution is -0.148. The number of ether oxygens (including phenoxy) is 1. The van der Waals surface area contributed by atoms with Crippen LogP contribution in [0, 0.1) is 0 Å². The highest BCUT2D eigenvalue weighted by atomic mass is 32.2. The van der Waals surface area contributed by atoms with E-state index in [1.165, 1.54) is 39.2 Å². The van der Waals surface area contributed by atoms with E-state index in [2.05, 4.69) is 5.32 Å². The average molecular weight is 329 g/mol. The molecule has 1 amide bonds. The monoisotopic (exact) mass is 329 g/mol. The Kier molecular flexibility index (Phi) is 6.07. The zero-order valence-corrected chi connectivity index (χ0v) is 13.4. The topological polar surface area (TPSA) is 110 Å². The number of benzene rings is 1. The summed E-state index contributed by atoms with van der Waals surface area (Å²) in [6, 6.07) is 5.81. The van der Waals surface area contributed by atoms with Gasteiger partial charge in [0.05, 0.1) is 22.3 Å². The first-order valence-corrected chi connectivity index (χ1v) is 8.13. The molecule has 0 aliphatic carbocycles. The van der Waals surface area contributed by atoms with Gasteiger partial charge in [-0.2, -0.15) is 0 Å². The van der Waals surface area contributed by atoms with Crippen molar-refractivity contribution >= 4 is 21.7 Å². The Hall–Kier alpha value is -1.93. The molecule has 0 saturated carbocycles. The molecule has 8 heteroatoms. The third kappa shape index (κ3) is 4.05. The maximum atomic E-state index is 12.3. The van der Waals surface area contributed by atoms with E-state index in [4.69, 9.17) is 9.84 Å². The summed E-state index contributed by atoms with van der Waals surface area (Å²) in [5, 5.41) is 10.5. The Morgan fingerprint density at radius 3 is 2.36 bits per heavy atom. The number of rotatable bonds is 7. The second-order valence-electron chi connectivity index (χ2n) is 4.86. The van der Waals surface area contributed by atoms with Crippen LogP contribution in [0.4, 0.5) is 0 Å². The number of carboxylic acid groups (broad SMARTS) is 1. The number of nitrogens with one attached hydrogen (secondary N) is 1. The lowest BCUT2D eigenvalue weighted by Crippen LogP contribution is -2.38. The van der Waals surface area contributed by atoms with Gasteiger partial charge in [-0.3, -0.25) is 4.79 Å². The molecule has 0 fully saturated rings. The summed E-state index contributed by atoms with van der Waals surface area (Å²) in [5.74, 6) is -1.88. The molecule has 1 aromatic carbocycles. The molecule has 1 unspecified atom stereocenters. The fourth-order valence-electron chi connectivity index (χ4n) is 1.71. The fraction of sp³-hybridized carbons (Fsp3) is 0.429. The van der Waals surface area contributed by atoms with Crippen molar-refractivity contribution in [1.29, 1.82) is 0 Å². The van der Waals surface area contributed by atoms with Crippen molar-refractivity contribution in [3.8, 4) is 0 Å². The second kappa shape index (κ2) is 7.37. The van der Waals surface area contributed by atoms with Crippen LogP contribution in [0.2, 0.25) is 0 Å². The lowest BCUT2D eigenvalue weighted by atomic mass is 10.2. The minimum Gasteiger partial charge on any atom is -0.479 e. The molecule has 0 bridgehead atoms. The highest BCUT2D eigenvalue weighted by molar-refractivity contribution is 7.92. The summed E-state index contributed by atoms with van der Waals surface area (Å²) in [6.07, 6.45) is -1.20. The van der Waals surface area contributed by atoms with Crippen LogP contribution in [0.5, 0.6) is 0 Å². The Morgan fingerprint density at radius 2 is 1.86 bits per heavy atom. The van der Waals surface area contributed by atoms with Crippen LogP contribution in [-0.2, 0) is 19.4 Å². The van der Waals surface area contributed by atoms with E-state index in [1.807, 2.05) is 0 Å². The smallest absolute Gasteiger partial charge is 0.334 e. The first-order chi connectivity index (χ1) is 10.2. The summed E-state index contributed by atoms with van der Waals surface area (Å²) in [4.78, 5) is 22.9. The van der Waals surface area contributed by atoms with Gasteiger partial charge in [0.1, 0.15) is 0 Å². The van der Waals surface area contributed by atoms with Crippen molar-refractivity contribution in [1.82, 2.24) is 5.32 Å². The van der Waals surface area contributed by atoms with Crippen LogP contribution >= 0.6 is 0 Å². The molecule has 1 aromatic rings. The Morgan fingerprint density at radius 1 is 1.27 bits per heavy atom. The van der Waals surface area contributed by atoms with E-state index in [1.54, 1.807) is 6.07 Å². The van der Waals surface area contributed by atoms with E-state index >= 15 is 0 Å². The van der Waals surface area contributed by atoms with E-state index in [-0.39, 0.29) is 17.0 Å². The summed E-state index contributed by atoms with van der Waals surface area (Å²) in [7, 11) is -2.41. The van der Waals surface area contributed by atoms with Gasteiger partial charge in [-0.05, 0) is 26.0 Å². The maximum absolute atomic E-state index is 12.3. The van der Waals surface area contributed by atoms with Gasteiger partial charge in [-0.15, -0.1) is 0 Å². The molecule has 1 rings (SSSR count). The molecule has 22 heavy (non-hydrogen) atoms. The molecule has 0 aliphatic heterocycles. The van der Waals surface area contributed by atoms with Crippen LogP contribution in [0.1, 0.15) is 24.2 Å². The van der Waals surface area contributed by atoms with Gasteiger partial charge in [-0.25, -0.2) is 13.2 Å². The van der Waals surface area contributed by atoms with Gasteiger partial charge in [0.15, 0.2) is 15.9 Å². The molecule has 0 saturated heterocycles. The van der Waals surface area contributed by atoms with E-state index in [0.29, 0.717) is 0 Å². The standard InChI is InChI=1S/C14H19NO6S/c1-9(2)22(19,20)12-7-5-4-6-10(12)13(16)15-8-11(21-3)14(17)18/h4-7,9,11H,8H2,1-3H3,(H,15,16)(H,17,18). The number of carboxylic acids is 1. The molecule has 0 aliphatic rings. The number of aliphatic carboxylic acids is 1. The quantitative estimate of drug-likeness (QED) is 0.762. The van der Waals surface area contributed by atoms with Gasteiger partial charge < -0.3 is 15.2 Å². The first-order valence-electron chi connectivity index (χ1n) is 6.58. The summed E-state index contributed by atoms with van der Waals surface area (Å²) in [6.45, 7) is 2.78. The highest BCUT2D eigenvalue weighted by Gasteiger charge is 2.26. The molecular weight excluding hydrogens is 310 g/mol. The third-order valence-corrected chi connectivity index (χ3v) is 5.28. The molecule has 0 aromatic heterocycles. The maximum Gasteiger partial charge on any atom is 0.334 e. The van der Waals surface area contributed by atoms with E-state index < -0.39 is 33.1 Å². The van der Waals surface area contributed by atoms with E-state index in [9.17, 15) is 18.0 Å². The summed E-state index contributed by atoms with van der Waals surface area (Å²) < 4.78 is 29.2. The van der Waals surface area contributed by atoms with Gasteiger partial charge in [0.2, 0.25) is 0 Å². The molecule has 0 heterocycles. The number of amides is 1. The Bertz CT molecular complexity index is 653. The Labute approximate surface area is 129 Å². The first kappa shape index (κ1) is 18.1. The largest absolute Gasteiger partial charge is 0.479 e. The summed E-state index contributed by atoms with van der Waals surface area (Å²) in [5.41, 5.74) is -0.0172. The van der Waals surface area contributed by atoms with Gasteiger partial charge in [0, 0.05) is 7.11 Å². The summed E-state index contributed by atoms with van der Waals surface area (Å²) >= 11 is 0. The average Bonchev–Trinajstić information content (AvgIpc) is 2.47. The van der Waals surface area contributed by atoms with E-state index in [0.717, 1.165) is 0 Å². The Balaban J connectivity index is 3.03. The van der Waals surface area contributed by atoms with Crippen molar-refractivity contribution in [2.24, 2.45) is 0 Å². The van der Waals surface area contributed by atoms with Gasteiger partial charge in [-0.1, -0.05) is 12.1 Å². The van der Waals surface area contributed by atoms with Crippen molar-refractivity contribution in [2.45, 2.75) is 30.1 Å². The molecule has 7 nitrogen and oxygen atoms in total. The normalized spacial score (nSPS) is 12.9. The molecule has 1 atom stereocenters. The number of hydrogen-bond donors (Lipinski definition) is 2. The highest BCUT2D eigenvalue weighted by Crippen LogP contribution is 2.20. The number of carbonyl (C=O) groups is 2. The van der Waals surface area contributed by atoms with Crippen molar-refractivity contribution in [3.05, 3.63) is 29.8 Å². The van der Waals surface area contributed by atoms with Crippen LogP contribution in [0.15, 0.2) is 29.2 Å². The zero-order chi connectivity index (χ0) is 16.9. The third-order valence-electron chi connectivity index (χ3n) is 3.07. The van der Waals surface area contributed by atoms with Crippen LogP contribution < -0.4 is 5.32 Å². The van der Waals surface area contributed by atoms with Crippen molar-refractivity contribution < 1.29 is 27.9 Å². The lowest BCUT2D eigenvalue weighted by Gasteiger charge is -2.14. The van der Waals surface area contributed by atoms with Crippen LogP contribution in [0.3, 0.4) is 0 Å². The molecule has 0 radical (unpaired) electrons. The van der Waals surface area contributed by atoms with Crippen LogP contribution in [0.25, 0.3) is 0 Å². The second-order valence-corrected chi connectivity index (χ2v) is 7.34. The number of sulfone groups is 1. The van der Waals surface area contributed by atoms with Crippen molar-refractivity contribution in [2.75, 3.05) is 13.7 Å². The number of hydrogen-bond acceptors (Lipinski definition) is 5. The molecular formula is C14H19NO6S. The predicted molar refractivity (Wildman–Crippen MR) is 79.5 cm³/mol.